The maximum absolute atomic E-state index is 5.73. The monoisotopic (exact) mass is 261 g/mol. The lowest BCUT2D eigenvalue weighted by Gasteiger charge is -2.35. The summed E-state index contributed by atoms with van der Waals surface area (Å²) in [6, 6.07) is 6.37. The average Bonchev–Trinajstić information content (AvgIpc) is 2.68. The Bertz CT molecular complexity index is 591. The average molecular weight is 261 g/mol. The standard InChI is InChI=1S/C14H19N3O2/c1-14(2)8-10(5-6-18-14)16-13-17-11-4-3-9(15)7-12(11)19-13/h3-4,7,10H,5-6,8,15H2,1-2H3,(H,16,17). The van der Waals surface area contributed by atoms with E-state index in [1.807, 2.05) is 12.1 Å². The lowest BCUT2D eigenvalue weighted by atomic mass is 9.94. The van der Waals surface area contributed by atoms with Crippen molar-refractivity contribution in [3.63, 3.8) is 0 Å². The molecular formula is C14H19N3O2. The van der Waals surface area contributed by atoms with Crippen molar-refractivity contribution in [1.29, 1.82) is 0 Å². The van der Waals surface area contributed by atoms with E-state index >= 15 is 0 Å². The summed E-state index contributed by atoms with van der Waals surface area (Å²) >= 11 is 0. The van der Waals surface area contributed by atoms with Crippen molar-refractivity contribution in [3.8, 4) is 0 Å². The Morgan fingerprint density at radius 1 is 1.42 bits per heavy atom. The van der Waals surface area contributed by atoms with Crippen LogP contribution in [-0.4, -0.2) is 23.2 Å². The maximum atomic E-state index is 5.73. The number of fused-ring (bicyclic) bond motifs is 1. The van der Waals surface area contributed by atoms with Crippen molar-refractivity contribution in [2.24, 2.45) is 0 Å². The normalized spacial score (nSPS) is 22.5. The van der Waals surface area contributed by atoms with Crippen molar-refractivity contribution >= 4 is 22.8 Å². The molecule has 1 fully saturated rings. The lowest BCUT2D eigenvalue weighted by molar-refractivity contribution is -0.0555. The number of anilines is 2. The van der Waals surface area contributed by atoms with E-state index in [1.165, 1.54) is 0 Å². The number of nitrogens with two attached hydrogens (primary N) is 1. The first-order valence-corrected chi connectivity index (χ1v) is 6.58. The van der Waals surface area contributed by atoms with E-state index in [9.17, 15) is 0 Å². The summed E-state index contributed by atoms with van der Waals surface area (Å²) in [7, 11) is 0. The van der Waals surface area contributed by atoms with Crippen LogP contribution in [0.15, 0.2) is 22.6 Å². The van der Waals surface area contributed by atoms with Gasteiger partial charge in [-0.2, -0.15) is 4.98 Å². The number of rotatable bonds is 2. The molecule has 102 valence electrons. The smallest absolute Gasteiger partial charge is 0.295 e. The van der Waals surface area contributed by atoms with E-state index in [1.54, 1.807) is 6.07 Å². The van der Waals surface area contributed by atoms with Gasteiger partial charge in [0.1, 0.15) is 5.52 Å². The minimum Gasteiger partial charge on any atom is -0.423 e. The first-order valence-electron chi connectivity index (χ1n) is 6.58. The second-order valence-electron chi connectivity index (χ2n) is 5.69. The summed E-state index contributed by atoms with van der Waals surface area (Å²) in [5.74, 6) is 0. The molecule has 1 atom stereocenters. The van der Waals surface area contributed by atoms with E-state index in [0.29, 0.717) is 23.3 Å². The summed E-state index contributed by atoms with van der Waals surface area (Å²) in [6.07, 6.45) is 1.90. The predicted molar refractivity (Wildman–Crippen MR) is 75.1 cm³/mol. The molecule has 2 aromatic rings. The molecule has 1 saturated heterocycles. The molecule has 0 amide bonds. The highest BCUT2D eigenvalue weighted by atomic mass is 16.5. The van der Waals surface area contributed by atoms with Gasteiger partial charge in [0, 0.05) is 24.4 Å². The predicted octanol–water partition coefficient (Wildman–Crippen LogP) is 2.78. The Morgan fingerprint density at radius 3 is 3.05 bits per heavy atom. The molecule has 1 aliphatic rings. The van der Waals surface area contributed by atoms with Gasteiger partial charge in [-0.25, -0.2) is 0 Å². The van der Waals surface area contributed by atoms with Crippen molar-refractivity contribution in [2.45, 2.75) is 38.3 Å². The molecule has 2 heterocycles. The summed E-state index contributed by atoms with van der Waals surface area (Å²) in [5.41, 5.74) is 7.86. The number of nitrogens with zero attached hydrogens (tertiary/aromatic N) is 1. The zero-order valence-electron chi connectivity index (χ0n) is 11.3. The fourth-order valence-electron chi connectivity index (χ4n) is 2.53. The van der Waals surface area contributed by atoms with Gasteiger partial charge < -0.3 is 20.2 Å². The van der Waals surface area contributed by atoms with Crippen LogP contribution < -0.4 is 11.1 Å². The molecule has 19 heavy (non-hydrogen) atoms. The third-order valence-electron chi connectivity index (χ3n) is 3.44. The van der Waals surface area contributed by atoms with Crippen molar-refractivity contribution in [1.82, 2.24) is 4.98 Å². The van der Waals surface area contributed by atoms with E-state index in [4.69, 9.17) is 14.9 Å². The Balaban J connectivity index is 1.77. The van der Waals surface area contributed by atoms with Crippen molar-refractivity contribution in [2.75, 3.05) is 17.7 Å². The molecule has 5 heteroatoms. The van der Waals surface area contributed by atoms with E-state index in [-0.39, 0.29) is 5.60 Å². The Hall–Kier alpha value is -1.75. The number of hydrogen-bond acceptors (Lipinski definition) is 5. The van der Waals surface area contributed by atoms with Crippen molar-refractivity contribution in [3.05, 3.63) is 18.2 Å². The topological polar surface area (TPSA) is 73.3 Å². The fraction of sp³-hybridized carbons (Fsp3) is 0.500. The summed E-state index contributed by atoms with van der Waals surface area (Å²) in [5, 5.41) is 3.35. The van der Waals surface area contributed by atoms with Gasteiger partial charge in [0.25, 0.3) is 6.01 Å². The lowest BCUT2D eigenvalue weighted by Crippen LogP contribution is -2.40. The molecule has 0 aliphatic carbocycles. The SMILES string of the molecule is CC1(C)CC(Nc2nc3ccc(N)cc3o2)CCO1. The molecule has 1 unspecified atom stereocenters. The number of ether oxygens (including phenoxy) is 1. The van der Waals surface area contributed by atoms with Crippen LogP contribution in [0.4, 0.5) is 11.7 Å². The third-order valence-corrected chi connectivity index (χ3v) is 3.44. The van der Waals surface area contributed by atoms with E-state index in [2.05, 4.69) is 24.1 Å². The highest BCUT2D eigenvalue weighted by Gasteiger charge is 2.29. The van der Waals surface area contributed by atoms with Gasteiger partial charge >= 0.3 is 0 Å². The van der Waals surface area contributed by atoms with Crippen LogP contribution in [-0.2, 0) is 4.74 Å². The van der Waals surface area contributed by atoms with Crippen LogP contribution in [0.5, 0.6) is 0 Å². The van der Waals surface area contributed by atoms with Crippen LogP contribution in [0.3, 0.4) is 0 Å². The molecule has 1 aromatic carbocycles. The summed E-state index contributed by atoms with van der Waals surface area (Å²) < 4.78 is 11.4. The van der Waals surface area contributed by atoms with Crippen LogP contribution in [0, 0.1) is 0 Å². The molecule has 0 bridgehead atoms. The Morgan fingerprint density at radius 2 is 2.26 bits per heavy atom. The fourth-order valence-corrected chi connectivity index (χ4v) is 2.53. The second kappa shape index (κ2) is 4.42. The minimum absolute atomic E-state index is 0.0909. The van der Waals surface area contributed by atoms with Gasteiger partial charge in [0.05, 0.1) is 5.60 Å². The minimum atomic E-state index is -0.0909. The number of benzene rings is 1. The molecule has 0 saturated carbocycles. The van der Waals surface area contributed by atoms with Gasteiger partial charge in [0.15, 0.2) is 5.58 Å². The van der Waals surface area contributed by atoms with Gasteiger partial charge in [-0.15, -0.1) is 0 Å². The van der Waals surface area contributed by atoms with Crippen molar-refractivity contribution < 1.29 is 9.15 Å². The Labute approximate surface area is 112 Å². The highest BCUT2D eigenvalue weighted by molar-refractivity contribution is 5.78. The van der Waals surface area contributed by atoms with Gasteiger partial charge in [0.2, 0.25) is 0 Å². The first kappa shape index (κ1) is 12.3. The maximum Gasteiger partial charge on any atom is 0.295 e. The molecule has 0 spiro atoms. The van der Waals surface area contributed by atoms with Gasteiger partial charge in [-0.05, 0) is 38.8 Å². The number of nitrogen functional groups attached to an aromatic ring is 1. The number of aromatic nitrogens is 1. The van der Waals surface area contributed by atoms with E-state index < -0.39 is 0 Å². The molecular weight excluding hydrogens is 242 g/mol. The van der Waals surface area contributed by atoms with Gasteiger partial charge in [-0.3, -0.25) is 0 Å². The summed E-state index contributed by atoms with van der Waals surface area (Å²) in [4.78, 5) is 4.42. The third kappa shape index (κ3) is 2.66. The number of nitrogens with one attached hydrogen (secondary N) is 1. The molecule has 1 aromatic heterocycles. The van der Waals surface area contributed by atoms with Gasteiger partial charge in [-0.1, -0.05) is 0 Å². The zero-order valence-corrected chi connectivity index (χ0v) is 11.3. The van der Waals surface area contributed by atoms with Crippen LogP contribution in [0.2, 0.25) is 0 Å². The highest BCUT2D eigenvalue weighted by Crippen LogP contribution is 2.27. The van der Waals surface area contributed by atoms with E-state index in [0.717, 1.165) is 25.0 Å². The molecule has 0 radical (unpaired) electrons. The quantitative estimate of drug-likeness (QED) is 0.813. The molecule has 1 aliphatic heterocycles. The molecule has 3 rings (SSSR count). The summed E-state index contributed by atoms with van der Waals surface area (Å²) in [6.45, 7) is 4.97. The number of hydrogen-bond donors (Lipinski definition) is 2. The molecule has 5 nitrogen and oxygen atoms in total. The van der Waals surface area contributed by atoms with Crippen LogP contribution >= 0.6 is 0 Å². The van der Waals surface area contributed by atoms with Crippen LogP contribution in [0.1, 0.15) is 26.7 Å². The first-order chi connectivity index (χ1) is 9.02. The largest absolute Gasteiger partial charge is 0.423 e. The van der Waals surface area contributed by atoms with Crippen LogP contribution in [0.25, 0.3) is 11.1 Å². The second-order valence-corrected chi connectivity index (χ2v) is 5.69. The molecule has 3 N–H and O–H groups in total. The Kier molecular flexibility index (Phi) is 2.86. The number of oxazole rings is 1. The zero-order chi connectivity index (χ0) is 13.5.